The monoisotopic (exact) mass is 786 g/mol. The Morgan fingerprint density at radius 3 is 2.00 bits per heavy atom. The molecule has 0 fully saturated rings. The molecule has 2 aromatic carbocycles. The molecule has 0 aliphatic heterocycles. The van der Waals surface area contributed by atoms with Crippen molar-refractivity contribution >= 4 is 96.3 Å². The van der Waals surface area contributed by atoms with Gasteiger partial charge in [0.05, 0.1) is 20.7 Å². The quantitative estimate of drug-likeness (QED) is 0.309. The van der Waals surface area contributed by atoms with Crippen molar-refractivity contribution in [1.82, 2.24) is 0 Å². The van der Waals surface area contributed by atoms with Gasteiger partial charge in [-0.3, -0.25) is 4.79 Å². The normalized spacial score (nSPS) is 10.2. The number of hydrogen-bond acceptors (Lipinski definition) is 3. The second-order valence-electron chi connectivity index (χ2n) is 4.77. The number of carbonyl (C=O) groups is 1. The molecule has 0 spiro atoms. The molecule has 2 aromatic rings. The first-order chi connectivity index (χ1) is 11.8. The van der Waals surface area contributed by atoms with Crippen LogP contribution in [0.2, 0.25) is 0 Å². The molecule has 0 aliphatic rings. The van der Waals surface area contributed by atoms with Crippen LogP contribution in [0.15, 0.2) is 24.3 Å². The first-order valence-corrected chi connectivity index (χ1v) is 11.1. The standard InChI is InChI=1S/C17H10I4O4/c1-2-3-24-16-13(20)7-10(8-14(16)21)25-17-11(18)4-9(5-12(17)19)6-15(22)23/h1,4-5,7-8H,3,6H2,(H,22,23). The Morgan fingerprint density at radius 1 is 1.00 bits per heavy atom. The fourth-order valence-electron chi connectivity index (χ4n) is 1.95. The van der Waals surface area contributed by atoms with Gasteiger partial charge in [-0.2, -0.15) is 0 Å². The van der Waals surface area contributed by atoms with Crippen LogP contribution in [-0.2, 0) is 11.2 Å². The summed E-state index contributed by atoms with van der Waals surface area (Å²) in [7, 11) is 0. The van der Waals surface area contributed by atoms with Gasteiger partial charge in [0.1, 0.15) is 18.1 Å². The van der Waals surface area contributed by atoms with Crippen molar-refractivity contribution in [3.05, 3.63) is 44.1 Å². The molecular formula is C17H10I4O4. The SMILES string of the molecule is C#CCOc1c(I)cc(Oc2c(I)cc(CC(=O)O)cc2I)cc1I. The Bertz CT molecular complexity index is 812. The molecule has 8 heteroatoms. The van der Waals surface area contributed by atoms with E-state index in [1.165, 1.54) is 0 Å². The third-order valence-electron chi connectivity index (χ3n) is 2.90. The number of aliphatic carboxylic acids is 1. The molecule has 0 saturated carbocycles. The van der Waals surface area contributed by atoms with Crippen molar-refractivity contribution in [3.8, 4) is 29.6 Å². The summed E-state index contributed by atoms with van der Waals surface area (Å²) in [6.45, 7) is 0.215. The molecule has 0 heterocycles. The van der Waals surface area contributed by atoms with Gasteiger partial charge in [-0.1, -0.05) is 5.92 Å². The minimum absolute atomic E-state index is 0.0106. The predicted octanol–water partition coefficient (Wildman–Crippen LogP) is 5.54. The van der Waals surface area contributed by atoms with Crippen LogP contribution in [0.1, 0.15) is 5.56 Å². The van der Waals surface area contributed by atoms with Crippen molar-refractivity contribution in [2.24, 2.45) is 0 Å². The van der Waals surface area contributed by atoms with Crippen molar-refractivity contribution in [2.45, 2.75) is 6.42 Å². The van der Waals surface area contributed by atoms with Crippen molar-refractivity contribution in [3.63, 3.8) is 0 Å². The van der Waals surface area contributed by atoms with Crippen molar-refractivity contribution in [2.75, 3.05) is 6.61 Å². The number of ether oxygens (including phenoxy) is 2. The number of terminal acetylenes is 1. The molecule has 4 nitrogen and oxygen atoms in total. The molecule has 0 bridgehead atoms. The topological polar surface area (TPSA) is 55.8 Å². The summed E-state index contributed by atoms with van der Waals surface area (Å²) in [5.41, 5.74) is 0.746. The lowest BCUT2D eigenvalue weighted by atomic mass is 10.1. The fraction of sp³-hybridized carbons (Fsp3) is 0.118. The zero-order valence-electron chi connectivity index (χ0n) is 12.5. The maximum Gasteiger partial charge on any atom is 0.307 e. The van der Waals surface area contributed by atoms with E-state index in [0.717, 1.165) is 25.6 Å². The number of benzene rings is 2. The van der Waals surface area contributed by atoms with E-state index >= 15 is 0 Å². The first-order valence-electron chi connectivity index (χ1n) is 6.74. The molecule has 130 valence electrons. The summed E-state index contributed by atoms with van der Waals surface area (Å²) in [5.74, 6) is 3.73. The minimum atomic E-state index is -0.855. The van der Waals surface area contributed by atoms with Gasteiger partial charge in [-0.25, -0.2) is 0 Å². The first kappa shape index (κ1) is 21.3. The molecule has 0 atom stereocenters. The summed E-state index contributed by atoms with van der Waals surface area (Å²) >= 11 is 8.67. The number of carboxylic acids is 1. The molecule has 0 aliphatic carbocycles. The molecule has 2 rings (SSSR count). The number of carboxylic acid groups (broad SMARTS) is 1. The zero-order valence-corrected chi connectivity index (χ0v) is 21.1. The highest BCUT2D eigenvalue weighted by molar-refractivity contribution is 14.1. The third kappa shape index (κ3) is 5.99. The predicted molar refractivity (Wildman–Crippen MR) is 129 cm³/mol. The average molecular weight is 786 g/mol. The van der Waals surface area contributed by atoms with Crippen LogP contribution in [-0.4, -0.2) is 17.7 Å². The summed E-state index contributed by atoms with van der Waals surface area (Å²) in [5, 5.41) is 8.94. The second kappa shape index (κ2) is 9.79. The van der Waals surface area contributed by atoms with Crippen LogP contribution in [0.25, 0.3) is 0 Å². The molecule has 0 amide bonds. The van der Waals surface area contributed by atoms with E-state index in [2.05, 4.69) is 96.3 Å². The van der Waals surface area contributed by atoms with E-state index in [1.54, 1.807) is 0 Å². The second-order valence-corrected chi connectivity index (χ2v) is 9.42. The van der Waals surface area contributed by atoms with Crippen LogP contribution in [0, 0.1) is 26.6 Å². The summed E-state index contributed by atoms with van der Waals surface area (Å²) < 4.78 is 15.1. The van der Waals surface area contributed by atoms with Gasteiger partial charge in [0.2, 0.25) is 0 Å². The average Bonchev–Trinajstić information content (AvgIpc) is 2.49. The van der Waals surface area contributed by atoms with E-state index in [-0.39, 0.29) is 13.0 Å². The molecular weight excluding hydrogens is 776 g/mol. The highest BCUT2D eigenvalue weighted by atomic mass is 127. The van der Waals surface area contributed by atoms with Gasteiger partial charge in [0, 0.05) is 0 Å². The summed E-state index contributed by atoms with van der Waals surface area (Å²) in [4.78, 5) is 10.9. The van der Waals surface area contributed by atoms with Crippen molar-refractivity contribution in [1.29, 1.82) is 0 Å². The lowest BCUT2D eigenvalue weighted by molar-refractivity contribution is -0.136. The molecule has 0 unspecified atom stereocenters. The molecule has 0 saturated heterocycles. The smallest absolute Gasteiger partial charge is 0.307 e. The summed E-state index contributed by atoms with van der Waals surface area (Å²) in [6, 6.07) is 7.41. The number of hydrogen-bond donors (Lipinski definition) is 1. The Kier molecular flexibility index (Phi) is 8.34. The van der Waals surface area contributed by atoms with E-state index in [9.17, 15) is 4.79 Å². The number of halogens is 4. The van der Waals surface area contributed by atoms with Crippen LogP contribution < -0.4 is 9.47 Å². The molecule has 0 aromatic heterocycles. The maximum atomic E-state index is 10.9. The third-order valence-corrected chi connectivity index (χ3v) is 6.11. The van der Waals surface area contributed by atoms with Gasteiger partial charge < -0.3 is 14.6 Å². The highest BCUT2D eigenvalue weighted by Gasteiger charge is 2.14. The van der Waals surface area contributed by atoms with Crippen LogP contribution in [0.5, 0.6) is 17.2 Å². The highest BCUT2D eigenvalue weighted by Crippen LogP contribution is 2.37. The zero-order chi connectivity index (χ0) is 18.6. The Labute approximate surface area is 200 Å². The Balaban J connectivity index is 2.31. The van der Waals surface area contributed by atoms with Gasteiger partial charge in [-0.15, -0.1) is 6.42 Å². The lowest BCUT2D eigenvalue weighted by Gasteiger charge is -2.14. The van der Waals surface area contributed by atoms with E-state index in [4.69, 9.17) is 21.0 Å². The van der Waals surface area contributed by atoms with E-state index < -0.39 is 5.97 Å². The van der Waals surface area contributed by atoms with Gasteiger partial charge in [0.25, 0.3) is 0 Å². The lowest BCUT2D eigenvalue weighted by Crippen LogP contribution is -2.02. The van der Waals surface area contributed by atoms with E-state index in [1.807, 2.05) is 24.3 Å². The van der Waals surface area contributed by atoms with Gasteiger partial charge >= 0.3 is 5.97 Å². The van der Waals surface area contributed by atoms with Gasteiger partial charge in [0.15, 0.2) is 5.75 Å². The van der Waals surface area contributed by atoms with Crippen LogP contribution in [0.3, 0.4) is 0 Å². The molecule has 1 N–H and O–H groups in total. The molecule has 0 radical (unpaired) electrons. The fourth-order valence-corrected chi connectivity index (χ4v) is 6.09. The summed E-state index contributed by atoms with van der Waals surface area (Å²) in [6.07, 6.45) is 5.23. The Hall–Kier alpha value is -0.0100. The van der Waals surface area contributed by atoms with Crippen LogP contribution >= 0.6 is 90.4 Å². The van der Waals surface area contributed by atoms with Crippen molar-refractivity contribution < 1.29 is 19.4 Å². The Morgan fingerprint density at radius 2 is 1.52 bits per heavy atom. The number of rotatable bonds is 6. The maximum absolute atomic E-state index is 10.9. The van der Waals surface area contributed by atoms with Crippen LogP contribution in [0.4, 0.5) is 0 Å². The van der Waals surface area contributed by atoms with Gasteiger partial charge in [-0.05, 0) is 120 Å². The largest absolute Gasteiger partial charge is 0.481 e. The molecule has 25 heavy (non-hydrogen) atoms. The van der Waals surface area contributed by atoms with E-state index in [0.29, 0.717) is 11.5 Å². The minimum Gasteiger partial charge on any atom is -0.481 e.